The van der Waals surface area contributed by atoms with Crippen LogP contribution in [0, 0.1) is 18.3 Å². The maximum Gasteiger partial charge on any atom is 0.321 e. The first-order chi connectivity index (χ1) is 16.4. The molecular formula is C27H32N4O3. The van der Waals surface area contributed by atoms with Crippen molar-refractivity contribution >= 4 is 29.2 Å². The molecule has 2 aromatic rings. The Hall–Kier alpha value is -3.35. The molecule has 0 unspecified atom stereocenters. The van der Waals surface area contributed by atoms with E-state index in [9.17, 15) is 14.4 Å². The van der Waals surface area contributed by atoms with Crippen LogP contribution in [-0.2, 0) is 16.0 Å². The van der Waals surface area contributed by atoms with Gasteiger partial charge < -0.3 is 15.5 Å². The number of rotatable bonds is 6. The third kappa shape index (κ3) is 4.65. The molecule has 7 nitrogen and oxygen atoms in total. The van der Waals surface area contributed by atoms with Gasteiger partial charge in [0, 0.05) is 49.9 Å². The summed E-state index contributed by atoms with van der Waals surface area (Å²) >= 11 is 0. The average Bonchev–Trinajstić information content (AvgIpc) is 3.37. The van der Waals surface area contributed by atoms with Crippen LogP contribution in [0.4, 0.5) is 16.2 Å². The highest BCUT2D eigenvalue weighted by Crippen LogP contribution is 2.59. The van der Waals surface area contributed by atoms with Gasteiger partial charge in [-0.2, -0.15) is 0 Å². The van der Waals surface area contributed by atoms with Gasteiger partial charge in [-0.15, -0.1) is 0 Å². The summed E-state index contributed by atoms with van der Waals surface area (Å²) in [6, 6.07) is 15.7. The second kappa shape index (κ2) is 9.12. The Morgan fingerprint density at radius 3 is 2.56 bits per heavy atom. The second-order valence-corrected chi connectivity index (χ2v) is 9.91. The number of nitrogens with zero attached hydrogens (tertiary/aromatic N) is 2. The molecule has 3 fully saturated rings. The van der Waals surface area contributed by atoms with E-state index in [0.717, 1.165) is 44.5 Å². The topological polar surface area (TPSA) is 81.8 Å². The molecule has 2 saturated heterocycles. The lowest BCUT2D eigenvalue weighted by molar-refractivity contribution is -0.132. The van der Waals surface area contributed by atoms with E-state index < -0.39 is 0 Å². The number of anilines is 2. The van der Waals surface area contributed by atoms with Gasteiger partial charge in [0.25, 0.3) is 0 Å². The smallest absolute Gasteiger partial charge is 0.321 e. The zero-order valence-corrected chi connectivity index (χ0v) is 19.7. The maximum atomic E-state index is 13.0. The van der Waals surface area contributed by atoms with E-state index in [1.165, 1.54) is 11.1 Å². The first-order valence-corrected chi connectivity index (χ1v) is 12.2. The van der Waals surface area contributed by atoms with Crippen LogP contribution in [0.15, 0.2) is 48.5 Å². The minimum absolute atomic E-state index is 0.00366. The minimum atomic E-state index is -0.107. The van der Waals surface area contributed by atoms with E-state index in [4.69, 9.17) is 0 Å². The summed E-state index contributed by atoms with van der Waals surface area (Å²) in [6.07, 6.45) is 3.96. The second-order valence-electron chi connectivity index (χ2n) is 9.91. The van der Waals surface area contributed by atoms with Gasteiger partial charge in [-0.3, -0.25) is 14.5 Å². The van der Waals surface area contributed by atoms with Gasteiger partial charge in [-0.05, 0) is 61.8 Å². The van der Waals surface area contributed by atoms with Gasteiger partial charge in [-0.25, -0.2) is 4.79 Å². The Bertz CT molecular complexity index is 1090. The van der Waals surface area contributed by atoms with Crippen molar-refractivity contribution in [3.05, 3.63) is 59.7 Å². The highest BCUT2D eigenvalue weighted by Gasteiger charge is 2.58. The third-order valence-electron chi connectivity index (χ3n) is 7.65. The molecule has 34 heavy (non-hydrogen) atoms. The molecule has 178 valence electrons. The molecule has 1 spiro atoms. The Kier molecular flexibility index (Phi) is 6.02. The molecular weight excluding hydrogens is 428 g/mol. The van der Waals surface area contributed by atoms with Crippen LogP contribution in [0.1, 0.15) is 36.8 Å². The number of nitrogens with one attached hydrogen (secondary N) is 2. The first kappa shape index (κ1) is 22.4. The number of benzene rings is 2. The lowest BCUT2D eigenvalue weighted by Gasteiger charge is -2.33. The zero-order valence-electron chi connectivity index (χ0n) is 19.7. The third-order valence-corrected chi connectivity index (χ3v) is 7.65. The van der Waals surface area contributed by atoms with Crippen molar-refractivity contribution in [3.8, 4) is 0 Å². The van der Waals surface area contributed by atoms with Crippen LogP contribution in [0.5, 0.6) is 0 Å². The van der Waals surface area contributed by atoms with Crippen LogP contribution < -0.4 is 15.5 Å². The van der Waals surface area contributed by atoms with E-state index in [-0.39, 0.29) is 29.2 Å². The van der Waals surface area contributed by atoms with Crippen LogP contribution in [0.2, 0.25) is 0 Å². The summed E-state index contributed by atoms with van der Waals surface area (Å²) in [5.41, 5.74) is 3.96. The zero-order chi connectivity index (χ0) is 23.7. The van der Waals surface area contributed by atoms with Crippen molar-refractivity contribution in [3.63, 3.8) is 0 Å². The molecule has 2 heterocycles. The van der Waals surface area contributed by atoms with E-state index in [1.807, 2.05) is 29.2 Å². The predicted octanol–water partition coefficient (Wildman–Crippen LogP) is 3.72. The van der Waals surface area contributed by atoms with E-state index in [0.29, 0.717) is 25.2 Å². The number of amides is 4. The molecule has 2 aliphatic heterocycles. The SMILES string of the molecule is Cc1ccc(CCC(=O)N2CCC3(CC2)C[C@@H]3C(=O)Nc2cccc(N3CCNC3=O)c2)cc1. The van der Waals surface area contributed by atoms with E-state index >= 15 is 0 Å². The molecule has 0 aromatic heterocycles. The molecule has 5 rings (SSSR count). The number of likely N-dealkylation sites (tertiary alicyclic amines) is 1. The van der Waals surface area contributed by atoms with Crippen LogP contribution in [0.3, 0.4) is 0 Å². The molecule has 1 atom stereocenters. The van der Waals surface area contributed by atoms with Crippen molar-refractivity contribution in [1.82, 2.24) is 10.2 Å². The Balaban J connectivity index is 1.11. The average molecular weight is 461 g/mol. The van der Waals surface area contributed by atoms with Gasteiger partial charge in [-0.1, -0.05) is 35.9 Å². The summed E-state index contributed by atoms with van der Waals surface area (Å²) in [5.74, 6) is 0.248. The minimum Gasteiger partial charge on any atom is -0.343 e. The summed E-state index contributed by atoms with van der Waals surface area (Å²) in [6.45, 7) is 4.79. The monoisotopic (exact) mass is 460 g/mol. The highest BCUT2D eigenvalue weighted by atomic mass is 16.2. The molecule has 4 amide bonds. The summed E-state index contributed by atoms with van der Waals surface area (Å²) in [7, 11) is 0. The fourth-order valence-corrected chi connectivity index (χ4v) is 5.34. The van der Waals surface area contributed by atoms with Crippen LogP contribution in [-0.4, -0.2) is 48.9 Å². The Morgan fingerprint density at radius 2 is 1.85 bits per heavy atom. The lowest BCUT2D eigenvalue weighted by atomic mass is 9.90. The standard InChI is InChI=1S/C27H32N4O3/c1-19-5-7-20(8-6-19)9-10-24(32)30-14-11-27(12-15-30)18-23(27)25(33)29-21-3-2-4-22(17-21)31-16-13-28-26(31)34/h2-8,17,23H,9-16,18H2,1H3,(H,28,34)(H,29,33)/t23-/m1/s1. The fraction of sp³-hybridized carbons (Fsp3) is 0.444. The first-order valence-electron chi connectivity index (χ1n) is 12.2. The molecule has 1 aliphatic carbocycles. The quantitative estimate of drug-likeness (QED) is 0.689. The number of piperidine rings is 1. The van der Waals surface area contributed by atoms with E-state index in [1.54, 1.807) is 4.90 Å². The van der Waals surface area contributed by atoms with Gasteiger partial charge in [0.15, 0.2) is 0 Å². The highest BCUT2D eigenvalue weighted by molar-refractivity contribution is 5.97. The van der Waals surface area contributed by atoms with Crippen molar-refractivity contribution < 1.29 is 14.4 Å². The van der Waals surface area contributed by atoms with Crippen molar-refractivity contribution in [2.75, 3.05) is 36.4 Å². The molecule has 0 radical (unpaired) electrons. The number of carbonyl (C=O) groups is 3. The van der Waals surface area contributed by atoms with Crippen LogP contribution in [0.25, 0.3) is 0 Å². The summed E-state index contributed by atoms with van der Waals surface area (Å²) in [4.78, 5) is 41.2. The summed E-state index contributed by atoms with van der Waals surface area (Å²) < 4.78 is 0. The Morgan fingerprint density at radius 1 is 1.09 bits per heavy atom. The summed E-state index contributed by atoms with van der Waals surface area (Å²) in [5, 5.41) is 5.85. The number of urea groups is 1. The number of hydrogen-bond acceptors (Lipinski definition) is 3. The van der Waals surface area contributed by atoms with E-state index in [2.05, 4.69) is 41.8 Å². The largest absolute Gasteiger partial charge is 0.343 e. The van der Waals surface area contributed by atoms with Gasteiger partial charge in [0.1, 0.15) is 0 Å². The normalized spacial score (nSPS) is 20.9. The number of carbonyl (C=O) groups excluding carboxylic acids is 3. The van der Waals surface area contributed by atoms with Gasteiger partial charge >= 0.3 is 6.03 Å². The lowest BCUT2D eigenvalue weighted by Crippen LogP contribution is -2.40. The van der Waals surface area contributed by atoms with Gasteiger partial charge in [0.2, 0.25) is 11.8 Å². The maximum absolute atomic E-state index is 13.0. The molecule has 7 heteroatoms. The van der Waals surface area contributed by atoms with Crippen molar-refractivity contribution in [2.24, 2.45) is 11.3 Å². The molecule has 2 aromatic carbocycles. The van der Waals surface area contributed by atoms with Crippen molar-refractivity contribution in [2.45, 2.75) is 39.0 Å². The van der Waals surface area contributed by atoms with Crippen LogP contribution >= 0.6 is 0 Å². The Labute approximate surface area is 200 Å². The number of aryl methyl sites for hydroxylation is 2. The molecule has 3 aliphatic rings. The molecule has 1 saturated carbocycles. The molecule has 2 N–H and O–H groups in total. The van der Waals surface area contributed by atoms with Gasteiger partial charge in [0.05, 0.1) is 0 Å². The van der Waals surface area contributed by atoms with Crippen molar-refractivity contribution in [1.29, 1.82) is 0 Å². The number of hydrogen-bond donors (Lipinski definition) is 2. The predicted molar refractivity (Wildman–Crippen MR) is 132 cm³/mol. The molecule has 0 bridgehead atoms. The fourth-order valence-electron chi connectivity index (χ4n) is 5.34.